The first-order valence-electron chi connectivity index (χ1n) is 12.2. The predicted octanol–water partition coefficient (Wildman–Crippen LogP) is 4.29. The molecule has 1 heterocycles. The largest absolute Gasteiger partial charge is 0.497 e. The number of hydrogen-bond acceptors (Lipinski definition) is 3. The molecule has 170 valence electrons. The molecule has 0 unspecified atom stereocenters. The van der Waals surface area contributed by atoms with E-state index in [4.69, 9.17) is 4.74 Å². The number of fused-ring (bicyclic) bond motifs is 1. The number of piperidine rings is 1. The van der Waals surface area contributed by atoms with E-state index in [2.05, 4.69) is 15.9 Å². The van der Waals surface area contributed by atoms with Gasteiger partial charge in [-0.05, 0) is 68.1 Å². The summed E-state index contributed by atoms with van der Waals surface area (Å²) in [6.07, 6.45) is 10.4. The SMILES string of the molecule is COc1cccc(CCC(=O)N2CC[C@@H]3C[C@H](N(C)C(=O)C4CCCCC4)C[C@@H]3C2)c1. The Labute approximate surface area is 187 Å². The number of rotatable bonds is 6. The molecule has 0 spiro atoms. The van der Waals surface area contributed by atoms with Crippen LogP contribution in [-0.2, 0) is 16.0 Å². The predicted molar refractivity (Wildman–Crippen MR) is 122 cm³/mol. The molecule has 4 rings (SSSR count). The van der Waals surface area contributed by atoms with Crippen molar-refractivity contribution < 1.29 is 14.3 Å². The number of carbonyl (C=O) groups is 2. The fourth-order valence-corrected chi connectivity index (χ4v) is 6.05. The third kappa shape index (κ3) is 5.24. The molecule has 2 aliphatic carbocycles. The number of likely N-dealkylation sites (tertiary alicyclic amines) is 1. The Balaban J connectivity index is 1.27. The molecule has 5 nitrogen and oxygen atoms in total. The summed E-state index contributed by atoms with van der Waals surface area (Å²) in [5.41, 5.74) is 1.14. The summed E-state index contributed by atoms with van der Waals surface area (Å²) in [5.74, 6) is 2.92. The van der Waals surface area contributed by atoms with Gasteiger partial charge in [0.2, 0.25) is 11.8 Å². The highest BCUT2D eigenvalue weighted by atomic mass is 16.5. The van der Waals surface area contributed by atoms with Gasteiger partial charge in [-0.25, -0.2) is 0 Å². The molecule has 1 aromatic carbocycles. The van der Waals surface area contributed by atoms with E-state index < -0.39 is 0 Å². The Bertz CT molecular complexity index is 774. The standard InChI is InChI=1S/C26H38N2O3/c1-27(26(30)20-8-4-3-5-9-20)23-16-21-13-14-28(18-22(21)17-23)25(29)12-11-19-7-6-10-24(15-19)31-2/h6-7,10,15,20-23H,3-5,8-9,11-14,16-18H2,1-2H3/t21-,22-,23+/m1/s1. The summed E-state index contributed by atoms with van der Waals surface area (Å²) in [6.45, 7) is 1.73. The fraction of sp³-hybridized carbons (Fsp3) is 0.692. The molecule has 1 aliphatic heterocycles. The lowest BCUT2D eigenvalue weighted by Gasteiger charge is -2.35. The van der Waals surface area contributed by atoms with Crippen LogP contribution in [0.4, 0.5) is 0 Å². The van der Waals surface area contributed by atoms with Gasteiger partial charge in [0, 0.05) is 38.5 Å². The molecule has 0 radical (unpaired) electrons. The Hall–Kier alpha value is -2.04. The van der Waals surface area contributed by atoms with E-state index in [1.54, 1.807) is 7.11 Å². The first-order chi connectivity index (χ1) is 15.0. The molecule has 0 aromatic heterocycles. The molecule has 1 aromatic rings. The van der Waals surface area contributed by atoms with Gasteiger partial charge < -0.3 is 14.5 Å². The van der Waals surface area contributed by atoms with Gasteiger partial charge in [0.1, 0.15) is 5.75 Å². The summed E-state index contributed by atoms with van der Waals surface area (Å²) in [7, 11) is 3.69. The van der Waals surface area contributed by atoms with Crippen LogP contribution in [0.5, 0.6) is 5.75 Å². The maximum atomic E-state index is 13.0. The number of ether oxygens (including phenoxy) is 1. The molecule has 1 saturated heterocycles. The molecule has 3 fully saturated rings. The Morgan fingerprint density at radius 1 is 1.10 bits per heavy atom. The summed E-state index contributed by atoms with van der Waals surface area (Å²) in [5, 5.41) is 0. The number of nitrogens with zero attached hydrogens (tertiary/aromatic N) is 2. The van der Waals surface area contributed by atoms with Gasteiger partial charge in [-0.1, -0.05) is 31.4 Å². The van der Waals surface area contributed by atoms with Gasteiger partial charge in [-0.3, -0.25) is 9.59 Å². The third-order valence-corrected chi connectivity index (χ3v) is 8.01. The number of amides is 2. The highest BCUT2D eigenvalue weighted by Gasteiger charge is 2.42. The zero-order valence-electron chi connectivity index (χ0n) is 19.2. The van der Waals surface area contributed by atoms with Gasteiger partial charge in [0.15, 0.2) is 0 Å². The minimum Gasteiger partial charge on any atom is -0.497 e. The number of hydrogen-bond donors (Lipinski definition) is 0. The van der Waals surface area contributed by atoms with Crippen molar-refractivity contribution in [2.75, 3.05) is 27.2 Å². The van der Waals surface area contributed by atoms with Crippen LogP contribution in [0.2, 0.25) is 0 Å². The van der Waals surface area contributed by atoms with E-state index in [1.165, 1.54) is 19.3 Å². The molecule has 2 saturated carbocycles. The Kier molecular flexibility index (Phi) is 7.19. The van der Waals surface area contributed by atoms with Crippen molar-refractivity contribution in [1.82, 2.24) is 9.80 Å². The van der Waals surface area contributed by atoms with Gasteiger partial charge >= 0.3 is 0 Å². The van der Waals surface area contributed by atoms with E-state index in [9.17, 15) is 9.59 Å². The Morgan fingerprint density at radius 3 is 2.65 bits per heavy atom. The van der Waals surface area contributed by atoms with E-state index >= 15 is 0 Å². The first-order valence-corrected chi connectivity index (χ1v) is 12.2. The van der Waals surface area contributed by atoms with Crippen molar-refractivity contribution in [3.63, 3.8) is 0 Å². The van der Waals surface area contributed by atoms with E-state index in [1.807, 2.05) is 25.2 Å². The maximum absolute atomic E-state index is 13.0. The van der Waals surface area contributed by atoms with Crippen LogP contribution in [0.15, 0.2) is 24.3 Å². The second-order valence-electron chi connectivity index (χ2n) is 9.91. The second kappa shape index (κ2) is 10.1. The molecule has 3 aliphatic rings. The topological polar surface area (TPSA) is 49.9 Å². The van der Waals surface area contributed by atoms with Crippen LogP contribution in [-0.4, -0.2) is 54.9 Å². The zero-order chi connectivity index (χ0) is 21.8. The van der Waals surface area contributed by atoms with Crippen molar-refractivity contribution in [2.45, 2.75) is 70.3 Å². The number of carbonyl (C=O) groups excluding carboxylic acids is 2. The lowest BCUT2D eigenvalue weighted by atomic mass is 9.88. The van der Waals surface area contributed by atoms with Gasteiger partial charge in [0.25, 0.3) is 0 Å². The van der Waals surface area contributed by atoms with Gasteiger partial charge in [-0.15, -0.1) is 0 Å². The average Bonchev–Trinajstić information content (AvgIpc) is 3.25. The second-order valence-corrected chi connectivity index (χ2v) is 9.91. The van der Waals surface area contributed by atoms with Crippen LogP contribution >= 0.6 is 0 Å². The monoisotopic (exact) mass is 426 g/mol. The van der Waals surface area contributed by atoms with E-state index in [0.717, 1.165) is 62.9 Å². The van der Waals surface area contributed by atoms with Crippen LogP contribution in [0.1, 0.15) is 63.4 Å². The molecular weight excluding hydrogens is 388 g/mol. The fourth-order valence-electron chi connectivity index (χ4n) is 6.05. The van der Waals surface area contributed by atoms with Crippen LogP contribution < -0.4 is 4.74 Å². The highest BCUT2D eigenvalue weighted by Crippen LogP contribution is 2.41. The van der Waals surface area contributed by atoms with E-state index in [0.29, 0.717) is 30.2 Å². The molecule has 31 heavy (non-hydrogen) atoms. The van der Waals surface area contributed by atoms with Crippen molar-refractivity contribution in [1.29, 1.82) is 0 Å². The lowest BCUT2D eigenvalue weighted by Crippen LogP contribution is -2.42. The Morgan fingerprint density at radius 2 is 1.87 bits per heavy atom. The quantitative estimate of drug-likeness (QED) is 0.682. The third-order valence-electron chi connectivity index (χ3n) is 8.01. The number of methoxy groups -OCH3 is 1. The van der Waals surface area contributed by atoms with Crippen LogP contribution in [0, 0.1) is 17.8 Å². The van der Waals surface area contributed by atoms with Gasteiger partial charge in [-0.2, -0.15) is 0 Å². The number of benzene rings is 1. The highest BCUT2D eigenvalue weighted by molar-refractivity contribution is 5.79. The number of aryl methyl sites for hydroxylation is 1. The van der Waals surface area contributed by atoms with Crippen LogP contribution in [0.3, 0.4) is 0 Å². The van der Waals surface area contributed by atoms with Crippen molar-refractivity contribution in [3.05, 3.63) is 29.8 Å². The first kappa shape index (κ1) is 22.2. The summed E-state index contributed by atoms with van der Waals surface area (Å²) in [4.78, 5) is 30.0. The molecular formula is C26H38N2O3. The lowest BCUT2D eigenvalue weighted by molar-refractivity contribution is -0.137. The average molecular weight is 427 g/mol. The smallest absolute Gasteiger partial charge is 0.225 e. The molecule has 3 atom stereocenters. The van der Waals surface area contributed by atoms with Crippen molar-refractivity contribution in [2.24, 2.45) is 17.8 Å². The summed E-state index contributed by atoms with van der Waals surface area (Å²) >= 11 is 0. The van der Waals surface area contributed by atoms with Crippen LogP contribution in [0.25, 0.3) is 0 Å². The summed E-state index contributed by atoms with van der Waals surface area (Å²) in [6, 6.07) is 8.34. The van der Waals surface area contributed by atoms with Crippen molar-refractivity contribution in [3.8, 4) is 5.75 Å². The summed E-state index contributed by atoms with van der Waals surface area (Å²) < 4.78 is 5.29. The molecule has 0 N–H and O–H groups in total. The minimum atomic E-state index is 0.246. The van der Waals surface area contributed by atoms with Crippen molar-refractivity contribution >= 4 is 11.8 Å². The van der Waals surface area contributed by atoms with E-state index in [-0.39, 0.29) is 11.8 Å². The van der Waals surface area contributed by atoms with Gasteiger partial charge in [0.05, 0.1) is 7.11 Å². The normalized spacial score (nSPS) is 26.4. The maximum Gasteiger partial charge on any atom is 0.225 e. The minimum absolute atomic E-state index is 0.246. The molecule has 2 amide bonds. The zero-order valence-corrected chi connectivity index (χ0v) is 19.2. The molecule has 5 heteroatoms. The molecule has 0 bridgehead atoms.